The smallest absolute Gasteiger partial charge is 0.282 e. The molecule has 0 unspecified atom stereocenters. The van der Waals surface area contributed by atoms with E-state index in [2.05, 4.69) is 15.2 Å². The van der Waals surface area contributed by atoms with Crippen LogP contribution in [0.3, 0.4) is 0 Å². The summed E-state index contributed by atoms with van der Waals surface area (Å²) in [6.45, 7) is 0. The largest absolute Gasteiger partial charge is 0.294 e. The molecule has 11 heteroatoms. The van der Waals surface area contributed by atoms with E-state index in [0.29, 0.717) is 22.5 Å². The maximum absolute atomic E-state index is 11.1. The van der Waals surface area contributed by atoms with Gasteiger partial charge < -0.3 is 0 Å². The molecule has 0 saturated carbocycles. The van der Waals surface area contributed by atoms with Crippen LogP contribution >= 0.6 is 0 Å². The molecule has 2 N–H and O–H groups in total. The monoisotopic (exact) mass is 393 g/mol. The molecule has 134 valence electrons. The zero-order valence-corrected chi connectivity index (χ0v) is 14.5. The van der Waals surface area contributed by atoms with Crippen LogP contribution in [0.25, 0.3) is 22.5 Å². The minimum atomic E-state index is -4.32. The number of benzene rings is 2. The molecule has 1 aromatic heterocycles. The predicted molar refractivity (Wildman–Crippen MR) is 90.3 cm³/mol. The van der Waals surface area contributed by atoms with E-state index >= 15 is 0 Å². The Morgan fingerprint density at radius 1 is 0.654 bits per heavy atom. The first-order chi connectivity index (χ1) is 12.2. The average molecular weight is 393 g/mol. The number of aromatic nitrogens is 3. The molecular weight excluding hydrogens is 382 g/mol. The topological polar surface area (TPSA) is 147 Å². The van der Waals surface area contributed by atoms with Crippen molar-refractivity contribution in [2.45, 2.75) is 9.79 Å². The Balaban J connectivity index is 2.07. The molecule has 0 aliphatic carbocycles. The van der Waals surface area contributed by atoms with Crippen LogP contribution in [0.4, 0.5) is 0 Å². The van der Waals surface area contributed by atoms with Crippen LogP contribution in [0.15, 0.2) is 64.6 Å². The first kappa shape index (κ1) is 18.1. The summed E-state index contributed by atoms with van der Waals surface area (Å²) >= 11 is 0. The fourth-order valence-electron chi connectivity index (χ4n) is 2.25. The quantitative estimate of drug-likeness (QED) is 0.632. The summed E-state index contributed by atoms with van der Waals surface area (Å²) in [7, 11) is -8.63. The molecule has 26 heavy (non-hydrogen) atoms. The molecular formula is C15H11N3O6S2. The van der Waals surface area contributed by atoms with Crippen LogP contribution in [0.1, 0.15) is 0 Å². The fraction of sp³-hybridized carbons (Fsp3) is 0. The van der Waals surface area contributed by atoms with Gasteiger partial charge in [0, 0.05) is 11.1 Å². The van der Waals surface area contributed by atoms with Gasteiger partial charge in [0.25, 0.3) is 20.2 Å². The number of hydrogen-bond donors (Lipinski definition) is 2. The molecule has 0 spiro atoms. The summed E-state index contributed by atoms with van der Waals surface area (Å²) in [5, 5.41) is 7.71. The van der Waals surface area contributed by atoms with E-state index in [9.17, 15) is 16.8 Å². The Labute approximate surface area is 148 Å². The molecule has 0 saturated heterocycles. The van der Waals surface area contributed by atoms with E-state index in [4.69, 9.17) is 9.11 Å². The maximum atomic E-state index is 11.1. The van der Waals surface area contributed by atoms with Gasteiger partial charge >= 0.3 is 0 Å². The zero-order chi connectivity index (χ0) is 18.9. The van der Waals surface area contributed by atoms with Gasteiger partial charge in [0.1, 0.15) is 17.7 Å². The predicted octanol–water partition coefficient (Wildman–Crippen LogP) is 1.70. The number of nitrogens with zero attached hydrogens (tertiary/aromatic N) is 3. The first-order valence-corrected chi connectivity index (χ1v) is 9.88. The molecule has 0 aliphatic rings. The van der Waals surface area contributed by atoms with Gasteiger partial charge in [0.15, 0.2) is 0 Å². The Hall–Kier alpha value is -2.73. The second kappa shape index (κ2) is 6.53. The average Bonchev–Trinajstić information content (AvgIpc) is 2.60. The van der Waals surface area contributed by atoms with Crippen LogP contribution in [0, 0.1) is 0 Å². The fourth-order valence-corrected chi connectivity index (χ4v) is 3.21. The number of hydrogen-bond acceptors (Lipinski definition) is 7. The van der Waals surface area contributed by atoms with Crippen molar-refractivity contribution < 1.29 is 25.9 Å². The Morgan fingerprint density at radius 2 is 1.08 bits per heavy atom. The lowest BCUT2D eigenvalue weighted by atomic mass is 10.0. The van der Waals surface area contributed by atoms with Crippen molar-refractivity contribution in [2.24, 2.45) is 0 Å². The van der Waals surface area contributed by atoms with Crippen LogP contribution in [-0.4, -0.2) is 41.1 Å². The van der Waals surface area contributed by atoms with Gasteiger partial charge in [-0.3, -0.25) is 9.11 Å². The summed E-state index contributed by atoms with van der Waals surface area (Å²) in [6, 6.07) is 10.6. The summed E-state index contributed by atoms with van der Waals surface area (Å²) in [4.78, 5) is 3.61. The second-order valence-corrected chi connectivity index (χ2v) is 8.00. The molecule has 0 amide bonds. The summed E-state index contributed by atoms with van der Waals surface area (Å²) in [5.74, 6) is 0. The van der Waals surface area contributed by atoms with Crippen molar-refractivity contribution in [1.82, 2.24) is 15.2 Å². The van der Waals surface area contributed by atoms with E-state index in [0.717, 1.165) is 0 Å². The van der Waals surface area contributed by atoms with E-state index in [-0.39, 0.29) is 9.79 Å². The first-order valence-electron chi connectivity index (χ1n) is 7.00. The molecule has 0 aliphatic heterocycles. The van der Waals surface area contributed by atoms with E-state index in [1.807, 2.05) is 0 Å². The van der Waals surface area contributed by atoms with Gasteiger partial charge in [-0.25, -0.2) is 4.98 Å². The molecule has 1 heterocycles. The van der Waals surface area contributed by atoms with Gasteiger partial charge in [-0.1, -0.05) is 24.3 Å². The van der Waals surface area contributed by atoms with Crippen molar-refractivity contribution in [3.8, 4) is 22.5 Å². The van der Waals surface area contributed by atoms with Gasteiger partial charge in [-0.15, -0.1) is 10.2 Å². The third-order valence-corrected chi connectivity index (χ3v) is 5.21. The third-order valence-electron chi connectivity index (χ3n) is 3.47. The molecule has 3 aromatic rings. The molecule has 0 atom stereocenters. The third kappa shape index (κ3) is 3.75. The van der Waals surface area contributed by atoms with Crippen LogP contribution < -0.4 is 0 Å². The highest BCUT2D eigenvalue weighted by Crippen LogP contribution is 2.29. The lowest BCUT2D eigenvalue weighted by molar-refractivity contribution is 0.481. The van der Waals surface area contributed by atoms with Crippen molar-refractivity contribution in [3.63, 3.8) is 0 Å². The minimum absolute atomic E-state index is 0.262. The van der Waals surface area contributed by atoms with Gasteiger partial charge in [-0.05, 0) is 24.3 Å². The summed E-state index contributed by atoms with van der Waals surface area (Å²) < 4.78 is 62.6. The Bertz CT molecular complexity index is 1060. The molecule has 3 rings (SSSR count). The summed E-state index contributed by atoms with van der Waals surface area (Å²) in [5.41, 5.74) is 1.71. The lowest BCUT2D eigenvalue weighted by Crippen LogP contribution is -2.00. The van der Waals surface area contributed by atoms with Crippen molar-refractivity contribution >= 4 is 20.2 Å². The van der Waals surface area contributed by atoms with Gasteiger partial charge in [0.05, 0.1) is 9.79 Å². The molecule has 9 nitrogen and oxygen atoms in total. The van der Waals surface area contributed by atoms with E-state index in [1.165, 1.54) is 54.9 Å². The number of rotatable bonds is 4. The maximum Gasteiger partial charge on any atom is 0.294 e. The van der Waals surface area contributed by atoms with Crippen molar-refractivity contribution in [3.05, 3.63) is 54.9 Å². The molecule has 0 radical (unpaired) electrons. The second-order valence-electron chi connectivity index (χ2n) is 5.16. The Morgan fingerprint density at radius 3 is 1.50 bits per heavy atom. The summed E-state index contributed by atoms with van der Waals surface area (Å²) in [6.07, 6.45) is 1.21. The van der Waals surface area contributed by atoms with E-state index < -0.39 is 20.2 Å². The van der Waals surface area contributed by atoms with Crippen LogP contribution in [0.2, 0.25) is 0 Å². The molecule has 2 aromatic carbocycles. The lowest BCUT2D eigenvalue weighted by Gasteiger charge is -2.08. The zero-order valence-electron chi connectivity index (χ0n) is 12.9. The minimum Gasteiger partial charge on any atom is -0.282 e. The van der Waals surface area contributed by atoms with E-state index in [1.54, 1.807) is 0 Å². The molecule has 0 bridgehead atoms. The van der Waals surface area contributed by atoms with Gasteiger partial charge in [0.2, 0.25) is 0 Å². The van der Waals surface area contributed by atoms with Crippen molar-refractivity contribution in [2.75, 3.05) is 0 Å². The van der Waals surface area contributed by atoms with Crippen molar-refractivity contribution in [1.29, 1.82) is 0 Å². The standard InChI is InChI=1S/C15H11N3O6S2/c19-25(20,21)12-5-1-10(2-6-12)14-15(18-17-9-16-14)11-3-7-13(8-4-11)26(22,23)24/h1-9H,(H,19,20,21)(H,22,23,24). The Kier molecular flexibility index (Phi) is 4.54. The van der Waals surface area contributed by atoms with Gasteiger partial charge in [-0.2, -0.15) is 16.8 Å². The highest BCUT2D eigenvalue weighted by Gasteiger charge is 2.15. The molecule has 0 fully saturated rings. The van der Waals surface area contributed by atoms with Crippen LogP contribution in [0.5, 0.6) is 0 Å². The highest BCUT2D eigenvalue weighted by molar-refractivity contribution is 7.86. The normalized spacial score (nSPS) is 12.1. The van der Waals surface area contributed by atoms with Crippen LogP contribution in [-0.2, 0) is 20.2 Å². The highest BCUT2D eigenvalue weighted by atomic mass is 32.2. The SMILES string of the molecule is O=S(=O)(O)c1ccc(-c2ncnnc2-c2ccc(S(=O)(=O)O)cc2)cc1.